The Kier molecular flexibility index (Phi) is 5.14. The second-order valence-corrected chi connectivity index (χ2v) is 6.74. The average molecular weight is 378 g/mol. The molecule has 0 aliphatic rings. The molecule has 1 aromatic heterocycles. The Morgan fingerprint density at radius 1 is 1.12 bits per heavy atom. The number of carbonyl (C=O) groups is 1. The van der Waals surface area contributed by atoms with Crippen LogP contribution in [0.4, 0.5) is 0 Å². The first-order chi connectivity index (χ1) is 11.6. The number of rotatable bonds is 5. The third-order valence-corrected chi connectivity index (χ3v) is 5.02. The number of carbonyl (C=O) groups excluding carboxylic acids is 1. The second kappa shape index (κ2) is 7.30. The zero-order chi connectivity index (χ0) is 17.1. The number of halogens is 2. The highest BCUT2D eigenvalue weighted by Gasteiger charge is 2.15. The van der Waals surface area contributed by atoms with Crippen LogP contribution in [0.3, 0.4) is 0 Å². The molecular formula is C17H13Cl2N3OS. The number of hydrogen-bond donors (Lipinski definition) is 1. The number of nitrogens with two attached hydrogens (primary N) is 1. The molecule has 1 amide bonds. The molecule has 3 aromatic rings. The lowest BCUT2D eigenvalue weighted by Gasteiger charge is -2.12. The van der Waals surface area contributed by atoms with E-state index in [1.54, 1.807) is 18.3 Å². The largest absolute Gasteiger partial charge is 0.369 e. The van der Waals surface area contributed by atoms with Gasteiger partial charge in [0.25, 0.3) is 0 Å². The number of aromatic nitrogens is 2. The first kappa shape index (κ1) is 16.9. The number of nitrogens with zero attached hydrogens (tertiary/aromatic N) is 2. The van der Waals surface area contributed by atoms with Crippen LogP contribution in [0.25, 0.3) is 16.9 Å². The van der Waals surface area contributed by atoms with Crippen molar-refractivity contribution in [1.29, 1.82) is 0 Å². The molecule has 3 rings (SSSR count). The Morgan fingerprint density at radius 3 is 2.54 bits per heavy atom. The van der Waals surface area contributed by atoms with Crippen molar-refractivity contribution in [1.82, 2.24) is 9.55 Å². The number of thioether (sulfide) groups is 1. The lowest BCUT2D eigenvalue weighted by Crippen LogP contribution is -2.13. The quantitative estimate of drug-likeness (QED) is 0.669. The molecule has 1 heterocycles. The van der Waals surface area contributed by atoms with Gasteiger partial charge >= 0.3 is 0 Å². The molecule has 122 valence electrons. The minimum Gasteiger partial charge on any atom is -0.369 e. The predicted octanol–water partition coefficient (Wildman–Crippen LogP) is 4.42. The van der Waals surface area contributed by atoms with Crippen molar-refractivity contribution in [2.24, 2.45) is 5.73 Å². The van der Waals surface area contributed by atoms with Crippen LogP contribution in [-0.2, 0) is 4.79 Å². The van der Waals surface area contributed by atoms with Crippen LogP contribution < -0.4 is 5.73 Å². The molecule has 0 bridgehead atoms. The van der Waals surface area contributed by atoms with Crippen molar-refractivity contribution < 1.29 is 4.79 Å². The third-order valence-electron chi connectivity index (χ3n) is 3.30. The maximum absolute atomic E-state index is 11.1. The molecule has 2 N–H and O–H groups in total. The molecule has 0 saturated heterocycles. The molecule has 0 aliphatic carbocycles. The fraction of sp³-hybridized carbons (Fsp3) is 0.0588. The molecule has 0 aliphatic heterocycles. The molecule has 0 atom stereocenters. The zero-order valence-electron chi connectivity index (χ0n) is 12.4. The fourth-order valence-electron chi connectivity index (χ4n) is 2.26. The van der Waals surface area contributed by atoms with Gasteiger partial charge in [-0.15, -0.1) is 0 Å². The van der Waals surface area contributed by atoms with Crippen molar-refractivity contribution in [3.63, 3.8) is 0 Å². The van der Waals surface area contributed by atoms with Gasteiger partial charge in [-0.1, -0.05) is 59.2 Å². The van der Waals surface area contributed by atoms with Gasteiger partial charge in [-0.2, -0.15) is 0 Å². The van der Waals surface area contributed by atoms with Gasteiger partial charge < -0.3 is 5.73 Å². The van der Waals surface area contributed by atoms with E-state index >= 15 is 0 Å². The lowest BCUT2D eigenvalue weighted by atomic mass is 10.1. The predicted molar refractivity (Wildman–Crippen MR) is 98.9 cm³/mol. The monoisotopic (exact) mass is 377 g/mol. The Bertz CT molecular complexity index is 881. The van der Waals surface area contributed by atoms with Crippen LogP contribution in [0.5, 0.6) is 0 Å². The molecule has 0 saturated carbocycles. The number of amides is 1. The summed E-state index contributed by atoms with van der Waals surface area (Å²) in [5.74, 6) is -0.233. The first-order valence-corrected chi connectivity index (χ1v) is 8.80. The summed E-state index contributed by atoms with van der Waals surface area (Å²) in [6, 6.07) is 15.2. The van der Waals surface area contributed by atoms with Gasteiger partial charge in [0.1, 0.15) is 0 Å². The number of benzene rings is 2. The summed E-state index contributed by atoms with van der Waals surface area (Å²) in [6.45, 7) is 0. The lowest BCUT2D eigenvalue weighted by molar-refractivity contribution is -0.115. The Morgan fingerprint density at radius 2 is 1.88 bits per heavy atom. The SMILES string of the molecule is NC(=O)CSc1ncc(-c2ccc(Cl)c(Cl)c2)n1-c1ccccc1. The van der Waals surface area contributed by atoms with Gasteiger partial charge in [0.2, 0.25) is 5.91 Å². The maximum atomic E-state index is 11.1. The van der Waals surface area contributed by atoms with Gasteiger partial charge in [-0.25, -0.2) is 4.98 Å². The summed E-state index contributed by atoms with van der Waals surface area (Å²) in [5.41, 5.74) is 7.92. The molecule has 2 aromatic carbocycles. The van der Waals surface area contributed by atoms with E-state index in [-0.39, 0.29) is 5.75 Å². The van der Waals surface area contributed by atoms with Gasteiger partial charge in [-0.05, 0) is 24.3 Å². The molecule has 4 nitrogen and oxygen atoms in total. The van der Waals surface area contributed by atoms with Crippen LogP contribution in [0, 0.1) is 0 Å². The molecule has 7 heteroatoms. The Balaban J connectivity index is 2.12. The van der Waals surface area contributed by atoms with Crippen LogP contribution in [0.15, 0.2) is 59.9 Å². The molecule has 0 fully saturated rings. The van der Waals surface area contributed by atoms with E-state index < -0.39 is 5.91 Å². The van der Waals surface area contributed by atoms with E-state index in [2.05, 4.69) is 4.98 Å². The third kappa shape index (κ3) is 3.59. The maximum Gasteiger partial charge on any atom is 0.227 e. The van der Waals surface area contributed by atoms with Crippen LogP contribution in [0.1, 0.15) is 0 Å². The van der Waals surface area contributed by atoms with Crippen LogP contribution >= 0.6 is 35.0 Å². The highest BCUT2D eigenvalue weighted by Crippen LogP contribution is 2.33. The summed E-state index contributed by atoms with van der Waals surface area (Å²) in [5, 5.41) is 1.65. The highest BCUT2D eigenvalue weighted by molar-refractivity contribution is 7.99. The van der Waals surface area contributed by atoms with E-state index in [0.29, 0.717) is 15.2 Å². The average Bonchev–Trinajstić information content (AvgIpc) is 3.00. The molecule has 0 radical (unpaired) electrons. The summed E-state index contributed by atoms with van der Waals surface area (Å²) in [7, 11) is 0. The van der Waals surface area contributed by atoms with Gasteiger partial charge in [0.15, 0.2) is 5.16 Å². The highest BCUT2D eigenvalue weighted by atomic mass is 35.5. The standard InChI is InChI=1S/C17H13Cl2N3OS/c18-13-7-6-11(8-14(13)19)15-9-21-17(24-10-16(20)23)22(15)12-4-2-1-3-5-12/h1-9H,10H2,(H2,20,23). The Hall–Kier alpha value is -1.95. The topological polar surface area (TPSA) is 60.9 Å². The molecular weight excluding hydrogens is 365 g/mol. The van der Waals surface area contributed by atoms with Crippen molar-refractivity contribution in [3.8, 4) is 16.9 Å². The normalized spacial score (nSPS) is 10.8. The summed E-state index contributed by atoms with van der Waals surface area (Å²) >= 11 is 13.4. The number of para-hydroxylation sites is 1. The minimum atomic E-state index is -0.390. The molecule has 0 unspecified atom stereocenters. The van der Waals surface area contributed by atoms with Crippen LogP contribution in [-0.4, -0.2) is 21.2 Å². The number of primary amides is 1. The zero-order valence-corrected chi connectivity index (χ0v) is 14.8. The summed E-state index contributed by atoms with van der Waals surface area (Å²) < 4.78 is 1.97. The van der Waals surface area contributed by atoms with Crippen molar-refractivity contribution >= 4 is 40.9 Å². The van der Waals surface area contributed by atoms with Crippen molar-refractivity contribution in [2.45, 2.75) is 5.16 Å². The van der Waals surface area contributed by atoms with Crippen LogP contribution in [0.2, 0.25) is 10.0 Å². The van der Waals surface area contributed by atoms with E-state index in [1.165, 1.54) is 11.8 Å². The minimum absolute atomic E-state index is 0.157. The number of imidazole rings is 1. The summed E-state index contributed by atoms with van der Waals surface area (Å²) in [4.78, 5) is 15.5. The van der Waals surface area contributed by atoms with Crippen molar-refractivity contribution in [2.75, 3.05) is 5.75 Å². The van der Waals surface area contributed by atoms with Gasteiger partial charge in [0.05, 0.1) is 27.7 Å². The second-order valence-electron chi connectivity index (χ2n) is 4.98. The van der Waals surface area contributed by atoms with E-state index in [1.807, 2.05) is 41.0 Å². The Labute approximate surface area is 153 Å². The molecule has 0 spiro atoms. The van der Waals surface area contributed by atoms with Crippen molar-refractivity contribution in [3.05, 3.63) is 64.8 Å². The van der Waals surface area contributed by atoms with Gasteiger partial charge in [0, 0.05) is 11.3 Å². The van der Waals surface area contributed by atoms with E-state index in [4.69, 9.17) is 28.9 Å². The summed E-state index contributed by atoms with van der Waals surface area (Å²) in [6.07, 6.45) is 1.75. The van der Waals surface area contributed by atoms with Gasteiger partial charge in [-0.3, -0.25) is 9.36 Å². The van der Waals surface area contributed by atoms with E-state index in [0.717, 1.165) is 16.9 Å². The smallest absolute Gasteiger partial charge is 0.227 e. The van der Waals surface area contributed by atoms with E-state index in [9.17, 15) is 4.79 Å². The first-order valence-electron chi connectivity index (χ1n) is 7.06. The fourth-order valence-corrected chi connectivity index (χ4v) is 3.29. The molecule has 24 heavy (non-hydrogen) atoms. The number of hydrogen-bond acceptors (Lipinski definition) is 3.